The molecule has 2 rings (SSSR count). The van der Waals surface area contributed by atoms with Crippen molar-refractivity contribution in [2.45, 2.75) is 0 Å². The Balaban J connectivity index is 2.05. The first kappa shape index (κ1) is 16.6. The third-order valence-corrected chi connectivity index (χ3v) is 3.22. The van der Waals surface area contributed by atoms with Crippen LogP contribution in [0, 0.1) is 0 Å². The summed E-state index contributed by atoms with van der Waals surface area (Å²) in [5.74, 6) is 0.724. The molecule has 0 atom stereocenters. The van der Waals surface area contributed by atoms with Crippen LogP contribution in [0.2, 0.25) is 0 Å². The lowest BCUT2D eigenvalue weighted by atomic mass is 10.2. The largest absolute Gasteiger partial charge is 0.506 e. The van der Waals surface area contributed by atoms with Crippen LogP contribution in [-0.4, -0.2) is 30.3 Å². The molecule has 0 saturated carbocycles. The summed E-state index contributed by atoms with van der Waals surface area (Å²) >= 11 is 5.09. The monoisotopic (exact) mass is 332 g/mol. The normalized spacial score (nSPS) is 9.83. The highest BCUT2D eigenvalue weighted by molar-refractivity contribution is 7.80. The number of rotatable bonds is 4. The minimum atomic E-state index is -0.385. The van der Waals surface area contributed by atoms with Crippen LogP contribution in [0.3, 0.4) is 0 Å². The van der Waals surface area contributed by atoms with Gasteiger partial charge in [-0.1, -0.05) is 6.07 Å². The van der Waals surface area contributed by atoms with Gasteiger partial charge in [0.2, 0.25) is 0 Å². The molecule has 3 N–H and O–H groups in total. The number of phenols is 1. The van der Waals surface area contributed by atoms with Gasteiger partial charge in [0, 0.05) is 11.6 Å². The lowest BCUT2D eigenvalue weighted by molar-refractivity contribution is 0.0977. The molecule has 0 bridgehead atoms. The molecule has 7 heteroatoms. The van der Waals surface area contributed by atoms with Crippen LogP contribution in [0.1, 0.15) is 10.4 Å². The molecule has 0 spiro atoms. The summed E-state index contributed by atoms with van der Waals surface area (Å²) in [6.07, 6.45) is 0. The van der Waals surface area contributed by atoms with E-state index in [0.29, 0.717) is 22.7 Å². The van der Waals surface area contributed by atoms with Crippen LogP contribution in [-0.2, 0) is 0 Å². The van der Waals surface area contributed by atoms with Crippen molar-refractivity contribution < 1.29 is 19.4 Å². The Morgan fingerprint density at radius 3 is 2.48 bits per heavy atom. The summed E-state index contributed by atoms with van der Waals surface area (Å²) in [6, 6.07) is 11.3. The van der Waals surface area contributed by atoms with Gasteiger partial charge in [-0.05, 0) is 42.5 Å². The summed E-state index contributed by atoms with van der Waals surface area (Å²) in [7, 11) is 3.04. The van der Waals surface area contributed by atoms with Crippen LogP contribution in [0.15, 0.2) is 42.5 Å². The van der Waals surface area contributed by atoms with E-state index in [1.807, 2.05) is 0 Å². The Kier molecular flexibility index (Phi) is 5.37. The number of hydrogen-bond donors (Lipinski definition) is 3. The fraction of sp³-hybridized carbons (Fsp3) is 0.125. The molecule has 0 aliphatic heterocycles. The highest BCUT2D eigenvalue weighted by Gasteiger charge is 2.11. The molecule has 0 aliphatic carbocycles. The van der Waals surface area contributed by atoms with Crippen LogP contribution >= 0.6 is 12.2 Å². The summed E-state index contributed by atoms with van der Waals surface area (Å²) in [5, 5.41) is 15.1. The first-order valence-electron chi connectivity index (χ1n) is 6.67. The number of hydrogen-bond acceptors (Lipinski definition) is 5. The van der Waals surface area contributed by atoms with Crippen molar-refractivity contribution in [3.05, 3.63) is 48.0 Å². The molecule has 0 fully saturated rings. The Bertz CT molecular complexity index is 734. The average molecular weight is 332 g/mol. The number of ether oxygens (including phenoxy) is 2. The number of carbonyl (C=O) groups is 1. The number of amides is 1. The number of phenolic OH excluding ortho intramolecular Hbond substituents is 1. The van der Waals surface area contributed by atoms with Gasteiger partial charge in [0.25, 0.3) is 5.91 Å². The van der Waals surface area contributed by atoms with Crippen LogP contribution in [0.5, 0.6) is 17.2 Å². The first-order valence-corrected chi connectivity index (χ1v) is 7.07. The zero-order valence-corrected chi connectivity index (χ0v) is 13.4. The van der Waals surface area contributed by atoms with Crippen LogP contribution < -0.4 is 20.1 Å². The third-order valence-electron chi connectivity index (χ3n) is 3.01. The number of benzene rings is 2. The number of anilines is 1. The van der Waals surface area contributed by atoms with Crippen molar-refractivity contribution in [2.75, 3.05) is 19.5 Å². The maximum Gasteiger partial charge on any atom is 0.257 e. The van der Waals surface area contributed by atoms with Gasteiger partial charge in [-0.15, -0.1) is 0 Å². The molecule has 23 heavy (non-hydrogen) atoms. The van der Waals surface area contributed by atoms with Crippen molar-refractivity contribution in [1.29, 1.82) is 0 Å². The second-order valence-corrected chi connectivity index (χ2v) is 4.93. The van der Waals surface area contributed by atoms with Gasteiger partial charge in [0.1, 0.15) is 17.2 Å². The fourth-order valence-corrected chi connectivity index (χ4v) is 2.04. The number of carbonyl (C=O) groups excluding carboxylic acids is 1. The first-order chi connectivity index (χ1) is 11.0. The van der Waals surface area contributed by atoms with Crippen molar-refractivity contribution in [3.8, 4) is 17.2 Å². The van der Waals surface area contributed by atoms with E-state index < -0.39 is 0 Å². The van der Waals surface area contributed by atoms with E-state index in [4.69, 9.17) is 21.7 Å². The Morgan fingerprint density at radius 1 is 1.09 bits per heavy atom. The number of nitrogens with one attached hydrogen (secondary N) is 2. The van der Waals surface area contributed by atoms with Gasteiger partial charge in [-0.2, -0.15) is 0 Å². The van der Waals surface area contributed by atoms with Gasteiger partial charge in [0.05, 0.1) is 19.9 Å². The van der Waals surface area contributed by atoms with E-state index in [1.54, 1.807) is 36.4 Å². The van der Waals surface area contributed by atoms with Gasteiger partial charge < -0.3 is 19.9 Å². The summed E-state index contributed by atoms with van der Waals surface area (Å²) in [5.41, 5.74) is 0.739. The van der Waals surface area contributed by atoms with Crippen LogP contribution in [0.25, 0.3) is 0 Å². The predicted molar refractivity (Wildman–Crippen MR) is 91.3 cm³/mol. The standard InChI is InChI=1S/C16H16N2O4S/c1-21-11-5-3-4-10(8-11)15(20)18-16(23)17-13-9-12(22-2)6-7-14(13)19/h3-9,19H,1-2H3,(H2,17,18,20,23). The molecule has 0 unspecified atom stereocenters. The highest BCUT2D eigenvalue weighted by atomic mass is 32.1. The van der Waals surface area contributed by atoms with Gasteiger partial charge in [-0.3, -0.25) is 10.1 Å². The maximum atomic E-state index is 12.1. The summed E-state index contributed by atoms with van der Waals surface area (Å²) in [4.78, 5) is 12.1. The Morgan fingerprint density at radius 2 is 1.78 bits per heavy atom. The second kappa shape index (κ2) is 7.46. The highest BCUT2D eigenvalue weighted by Crippen LogP contribution is 2.27. The predicted octanol–water partition coefficient (Wildman–Crippen LogP) is 2.54. The molecular formula is C16H16N2O4S. The van der Waals surface area contributed by atoms with Crippen molar-refractivity contribution >= 4 is 28.9 Å². The van der Waals surface area contributed by atoms with Crippen molar-refractivity contribution in [3.63, 3.8) is 0 Å². The molecule has 0 aromatic heterocycles. The molecule has 0 heterocycles. The molecule has 0 radical (unpaired) electrons. The zero-order valence-electron chi connectivity index (χ0n) is 12.6. The van der Waals surface area contributed by atoms with E-state index in [9.17, 15) is 9.90 Å². The summed E-state index contributed by atoms with van der Waals surface area (Å²) in [6.45, 7) is 0. The van der Waals surface area contributed by atoms with E-state index >= 15 is 0 Å². The van der Waals surface area contributed by atoms with E-state index in [2.05, 4.69) is 10.6 Å². The molecule has 0 saturated heterocycles. The fourth-order valence-electron chi connectivity index (χ4n) is 1.84. The molecule has 2 aromatic rings. The molecule has 120 valence electrons. The van der Waals surface area contributed by atoms with Crippen molar-refractivity contribution in [1.82, 2.24) is 5.32 Å². The minimum absolute atomic E-state index is 0.0104. The number of methoxy groups -OCH3 is 2. The average Bonchev–Trinajstić information content (AvgIpc) is 2.56. The number of thiocarbonyl (C=S) groups is 1. The molecule has 1 amide bonds. The molecule has 0 aliphatic rings. The van der Waals surface area contributed by atoms with E-state index in [-0.39, 0.29) is 16.8 Å². The van der Waals surface area contributed by atoms with E-state index in [0.717, 1.165) is 0 Å². The van der Waals surface area contributed by atoms with Gasteiger partial charge >= 0.3 is 0 Å². The van der Waals surface area contributed by atoms with Gasteiger partial charge in [0.15, 0.2) is 5.11 Å². The Hall–Kier alpha value is -2.80. The Labute approximate surface area is 139 Å². The smallest absolute Gasteiger partial charge is 0.257 e. The third kappa shape index (κ3) is 4.33. The van der Waals surface area contributed by atoms with Gasteiger partial charge in [-0.25, -0.2) is 0 Å². The molecular weight excluding hydrogens is 316 g/mol. The van der Waals surface area contributed by atoms with Crippen LogP contribution in [0.4, 0.5) is 5.69 Å². The molecule has 6 nitrogen and oxygen atoms in total. The molecule has 2 aromatic carbocycles. The maximum absolute atomic E-state index is 12.1. The lowest BCUT2D eigenvalue weighted by Gasteiger charge is -2.12. The zero-order chi connectivity index (χ0) is 16.8. The quantitative estimate of drug-likeness (QED) is 0.590. The topological polar surface area (TPSA) is 79.8 Å². The lowest BCUT2D eigenvalue weighted by Crippen LogP contribution is -2.34. The number of aromatic hydroxyl groups is 1. The van der Waals surface area contributed by atoms with Crippen molar-refractivity contribution in [2.24, 2.45) is 0 Å². The van der Waals surface area contributed by atoms with E-state index in [1.165, 1.54) is 20.3 Å². The minimum Gasteiger partial charge on any atom is -0.506 e. The summed E-state index contributed by atoms with van der Waals surface area (Å²) < 4.78 is 10.1. The second-order valence-electron chi connectivity index (χ2n) is 4.52. The SMILES string of the molecule is COc1cccc(C(=O)NC(=S)Nc2cc(OC)ccc2O)c1.